The molecule has 0 fully saturated rings. The van der Waals surface area contributed by atoms with Crippen LogP contribution in [0.3, 0.4) is 0 Å². The minimum Gasteiger partial charge on any atom is -0.385 e. The molecule has 0 aromatic carbocycles. The van der Waals surface area contributed by atoms with Crippen LogP contribution in [0.2, 0.25) is 0 Å². The van der Waals surface area contributed by atoms with E-state index >= 15 is 0 Å². The third-order valence-electron chi connectivity index (χ3n) is 2.00. The molecule has 0 saturated heterocycles. The summed E-state index contributed by atoms with van der Waals surface area (Å²) in [7, 11) is 1.74. The SMILES string of the molecule is C#CCCC(CC)CCOC. The minimum absolute atomic E-state index is 0.756. The highest BCUT2D eigenvalue weighted by Gasteiger charge is 2.03. The van der Waals surface area contributed by atoms with Gasteiger partial charge in [0.15, 0.2) is 0 Å². The van der Waals surface area contributed by atoms with E-state index in [9.17, 15) is 0 Å². The van der Waals surface area contributed by atoms with Crippen LogP contribution in [0.1, 0.15) is 32.6 Å². The standard InChI is InChI=1S/C10H18O/c1-4-6-7-10(5-2)8-9-11-3/h1,10H,5-9H2,2-3H3. The Bertz CT molecular complexity index is 113. The predicted octanol–water partition coefficient (Wildman–Crippen LogP) is 2.46. The zero-order chi connectivity index (χ0) is 8.53. The van der Waals surface area contributed by atoms with Gasteiger partial charge in [-0.3, -0.25) is 0 Å². The molecule has 0 bridgehead atoms. The highest BCUT2D eigenvalue weighted by molar-refractivity contribution is 4.84. The smallest absolute Gasteiger partial charge is 0.0464 e. The van der Waals surface area contributed by atoms with Gasteiger partial charge in [0.05, 0.1) is 0 Å². The summed E-state index contributed by atoms with van der Waals surface area (Å²) in [5.41, 5.74) is 0. The van der Waals surface area contributed by atoms with Crippen molar-refractivity contribution in [3.8, 4) is 12.3 Å². The molecule has 0 amide bonds. The van der Waals surface area contributed by atoms with Gasteiger partial charge in [-0.15, -0.1) is 12.3 Å². The van der Waals surface area contributed by atoms with Crippen LogP contribution < -0.4 is 0 Å². The van der Waals surface area contributed by atoms with Crippen LogP contribution >= 0.6 is 0 Å². The summed E-state index contributed by atoms with van der Waals surface area (Å²) in [5.74, 6) is 3.42. The fourth-order valence-electron chi connectivity index (χ4n) is 1.12. The van der Waals surface area contributed by atoms with Gasteiger partial charge in [0, 0.05) is 20.1 Å². The van der Waals surface area contributed by atoms with Crippen molar-refractivity contribution in [2.45, 2.75) is 32.6 Å². The van der Waals surface area contributed by atoms with Gasteiger partial charge in [-0.05, 0) is 18.8 Å². The Hall–Kier alpha value is -0.480. The summed E-state index contributed by atoms with van der Waals surface area (Å²) in [6.07, 6.45) is 9.59. The van der Waals surface area contributed by atoms with Crippen molar-refractivity contribution in [3.63, 3.8) is 0 Å². The first-order valence-electron chi connectivity index (χ1n) is 4.27. The lowest BCUT2D eigenvalue weighted by atomic mass is 9.97. The van der Waals surface area contributed by atoms with Gasteiger partial charge in [0.25, 0.3) is 0 Å². The topological polar surface area (TPSA) is 9.23 Å². The summed E-state index contributed by atoms with van der Waals surface area (Å²) >= 11 is 0. The van der Waals surface area contributed by atoms with Crippen LogP contribution in [0.5, 0.6) is 0 Å². The quantitative estimate of drug-likeness (QED) is 0.534. The summed E-state index contributed by atoms with van der Waals surface area (Å²) in [4.78, 5) is 0. The molecule has 0 aliphatic carbocycles. The van der Waals surface area contributed by atoms with Gasteiger partial charge < -0.3 is 4.74 Å². The van der Waals surface area contributed by atoms with E-state index in [1.54, 1.807) is 7.11 Å². The Labute approximate surface area is 70.1 Å². The third kappa shape index (κ3) is 5.94. The van der Waals surface area contributed by atoms with Crippen LogP contribution in [-0.4, -0.2) is 13.7 Å². The molecule has 1 atom stereocenters. The number of ether oxygens (including phenoxy) is 1. The summed E-state index contributed by atoms with van der Waals surface area (Å²) in [6.45, 7) is 3.07. The zero-order valence-electron chi connectivity index (χ0n) is 7.60. The lowest BCUT2D eigenvalue weighted by Crippen LogP contribution is -2.02. The van der Waals surface area contributed by atoms with Crippen molar-refractivity contribution >= 4 is 0 Å². The third-order valence-corrected chi connectivity index (χ3v) is 2.00. The molecule has 0 aromatic rings. The number of hydrogen-bond acceptors (Lipinski definition) is 1. The molecule has 0 heterocycles. The average Bonchev–Trinajstić information content (AvgIpc) is 2.05. The van der Waals surface area contributed by atoms with Crippen LogP contribution in [0.15, 0.2) is 0 Å². The number of hydrogen-bond donors (Lipinski definition) is 0. The van der Waals surface area contributed by atoms with Gasteiger partial charge in [0.2, 0.25) is 0 Å². The summed E-state index contributed by atoms with van der Waals surface area (Å²) in [6, 6.07) is 0. The first-order valence-corrected chi connectivity index (χ1v) is 4.27. The van der Waals surface area contributed by atoms with Crippen LogP contribution in [0, 0.1) is 18.3 Å². The zero-order valence-corrected chi connectivity index (χ0v) is 7.60. The molecule has 0 saturated carbocycles. The predicted molar refractivity (Wildman–Crippen MR) is 48.3 cm³/mol. The Morgan fingerprint density at radius 2 is 2.18 bits per heavy atom. The lowest BCUT2D eigenvalue weighted by molar-refractivity contribution is 0.174. The maximum Gasteiger partial charge on any atom is 0.0464 e. The van der Waals surface area contributed by atoms with E-state index < -0.39 is 0 Å². The Morgan fingerprint density at radius 1 is 1.45 bits per heavy atom. The molecule has 11 heavy (non-hydrogen) atoms. The second-order valence-electron chi connectivity index (χ2n) is 2.80. The Balaban J connectivity index is 3.34. The number of methoxy groups -OCH3 is 1. The van der Waals surface area contributed by atoms with Crippen LogP contribution in [0.4, 0.5) is 0 Å². The molecule has 0 spiro atoms. The average molecular weight is 154 g/mol. The molecule has 64 valence electrons. The van der Waals surface area contributed by atoms with E-state index in [2.05, 4.69) is 12.8 Å². The number of rotatable bonds is 6. The fourth-order valence-corrected chi connectivity index (χ4v) is 1.12. The molecular weight excluding hydrogens is 136 g/mol. The van der Waals surface area contributed by atoms with E-state index in [4.69, 9.17) is 11.2 Å². The van der Waals surface area contributed by atoms with Crippen molar-refractivity contribution < 1.29 is 4.74 Å². The van der Waals surface area contributed by atoms with E-state index in [1.807, 2.05) is 0 Å². The fraction of sp³-hybridized carbons (Fsp3) is 0.800. The molecule has 0 aliphatic rings. The van der Waals surface area contributed by atoms with Crippen LogP contribution in [0.25, 0.3) is 0 Å². The van der Waals surface area contributed by atoms with Gasteiger partial charge in [-0.1, -0.05) is 13.3 Å². The Morgan fingerprint density at radius 3 is 2.64 bits per heavy atom. The molecule has 1 nitrogen and oxygen atoms in total. The number of terminal acetylenes is 1. The van der Waals surface area contributed by atoms with E-state index in [0.29, 0.717) is 0 Å². The van der Waals surface area contributed by atoms with E-state index in [1.165, 1.54) is 6.42 Å². The monoisotopic (exact) mass is 154 g/mol. The van der Waals surface area contributed by atoms with Crippen molar-refractivity contribution in [2.24, 2.45) is 5.92 Å². The Kier molecular flexibility index (Phi) is 7.29. The highest BCUT2D eigenvalue weighted by Crippen LogP contribution is 2.14. The van der Waals surface area contributed by atoms with Crippen LogP contribution in [-0.2, 0) is 4.74 Å². The largest absolute Gasteiger partial charge is 0.385 e. The second-order valence-corrected chi connectivity index (χ2v) is 2.80. The van der Waals surface area contributed by atoms with Gasteiger partial charge in [0.1, 0.15) is 0 Å². The maximum absolute atomic E-state index is 5.18. The molecule has 0 aromatic heterocycles. The maximum atomic E-state index is 5.18. The van der Waals surface area contributed by atoms with Crippen molar-refractivity contribution in [2.75, 3.05) is 13.7 Å². The van der Waals surface area contributed by atoms with Crippen molar-refractivity contribution in [3.05, 3.63) is 0 Å². The molecule has 1 unspecified atom stereocenters. The first kappa shape index (κ1) is 10.5. The van der Waals surface area contributed by atoms with Gasteiger partial charge >= 0.3 is 0 Å². The molecule has 1 heteroatoms. The molecule has 0 N–H and O–H groups in total. The van der Waals surface area contributed by atoms with Gasteiger partial charge in [-0.2, -0.15) is 0 Å². The minimum atomic E-state index is 0.756. The lowest BCUT2D eigenvalue weighted by Gasteiger charge is -2.11. The summed E-state index contributed by atoms with van der Waals surface area (Å²) < 4.78 is 5.00. The molecule has 0 aliphatic heterocycles. The summed E-state index contributed by atoms with van der Waals surface area (Å²) in [5, 5.41) is 0. The van der Waals surface area contributed by atoms with Crippen molar-refractivity contribution in [1.82, 2.24) is 0 Å². The molecule has 0 rings (SSSR count). The van der Waals surface area contributed by atoms with Crippen molar-refractivity contribution in [1.29, 1.82) is 0 Å². The highest BCUT2D eigenvalue weighted by atomic mass is 16.5. The first-order chi connectivity index (χ1) is 5.35. The second kappa shape index (κ2) is 7.63. The normalized spacial score (nSPS) is 12.5. The van der Waals surface area contributed by atoms with E-state index in [0.717, 1.165) is 31.8 Å². The molecular formula is C10H18O. The molecule has 0 radical (unpaired) electrons. The van der Waals surface area contributed by atoms with Gasteiger partial charge in [-0.25, -0.2) is 0 Å². The van der Waals surface area contributed by atoms with E-state index in [-0.39, 0.29) is 0 Å².